The van der Waals surface area contributed by atoms with Gasteiger partial charge in [-0.25, -0.2) is 0 Å². The summed E-state index contributed by atoms with van der Waals surface area (Å²) in [6.45, 7) is 4.51. The summed E-state index contributed by atoms with van der Waals surface area (Å²) in [5, 5.41) is 0. The van der Waals surface area contributed by atoms with Crippen LogP contribution in [0.2, 0.25) is 0 Å². The van der Waals surface area contributed by atoms with Gasteiger partial charge in [0.25, 0.3) is 0 Å². The molecule has 0 radical (unpaired) electrons. The number of fused-ring (bicyclic) bond motifs is 1. The molecule has 0 spiro atoms. The zero-order chi connectivity index (χ0) is 18.1. The Balaban J connectivity index is 0.000000701. The SMILES string of the molecule is CCCCCc1ccc(-c2cccc3c2C=C(CC)C3)cc1.[Cl][Zr][Cl]. The third kappa shape index (κ3) is 6.09. The van der Waals surface area contributed by atoms with Gasteiger partial charge >= 0.3 is 37.9 Å². The molecule has 3 heteroatoms. The van der Waals surface area contributed by atoms with Crippen molar-refractivity contribution in [2.24, 2.45) is 0 Å². The summed E-state index contributed by atoms with van der Waals surface area (Å²) in [6.07, 6.45) is 9.83. The Hall–Kier alpha value is -0.357. The molecule has 132 valence electrons. The molecule has 0 saturated heterocycles. The van der Waals surface area contributed by atoms with Gasteiger partial charge in [-0.2, -0.15) is 0 Å². The van der Waals surface area contributed by atoms with Crippen molar-refractivity contribution in [3.63, 3.8) is 0 Å². The van der Waals surface area contributed by atoms with Crippen molar-refractivity contribution < 1.29 is 20.8 Å². The molecule has 0 nitrogen and oxygen atoms in total. The van der Waals surface area contributed by atoms with Crippen LogP contribution >= 0.6 is 17.0 Å². The zero-order valence-electron chi connectivity index (χ0n) is 15.1. The van der Waals surface area contributed by atoms with Gasteiger partial charge in [0, 0.05) is 0 Å². The van der Waals surface area contributed by atoms with Crippen molar-refractivity contribution in [1.82, 2.24) is 0 Å². The van der Waals surface area contributed by atoms with E-state index >= 15 is 0 Å². The van der Waals surface area contributed by atoms with Gasteiger partial charge in [-0.15, -0.1) is 0 Å². The first kappa shape index (κ1) is 20.9. The summed E-state index contributed by atoms with van der Waals surface area (Å²) in [5.41, 5.74) is 8.69. The Labute approximate surface area is 171 Å². The van der Waals surface area contributed by atoms with Gasteiger partial charge in [-0.1, -0.05) is 80.8 Å². The van der Waals surface area contributed by atoms with Crippen molar-refractivity contribution in [2.75, 3.05) is 0 Å². The molecular weight excluding hydrogens is 426 g/mol. The van der Waals surface area contributed by atoms with Gasteiger partial charge in [0.15, 0.2) is 0 Å². The average molecular weight is 453 g/mol. The Kier molecular flexibility index (Phi) is 9.53. The topological polar surface area (TPSA) is 0 Å². The second kappa shape index (κ2) is 11.4. The van der Waals surface area contributed by atoms with E-state index < -0.39 is 20.8 Å². The summed E-state index contributed by atoms with van der Waals surface area (Å²) in [6, 6.07) is 16.0. The van der Waals surface area contributed by atoms with Crippen molar-refractivity contribution in [1.29, 1.82) is 0 Å². The molecule has 1 aliphatic carbocycles. The van der Waals surface area contributed by atoms with E-state index in [1.54, 1.807) is 5.57 Å². The predicted molar refractivity (Wildman–Crippen MR) is 109 cm³/mol. The summed E-state index contributed by atoms with van der Waals surface area (Å²) >= 11 is -0.826. The quantitative estimate of drug-likeness (QED) is 0.392. The molecule has 0 amide bonds. The van der Waals surface area contributed by atoms with Crippen molar-refractivity contribution in [3.05, 3.63) is 64.7 Å². The third-order valence-electron chi connectivity index (χ3n) is 4.75. The van der Waals surface area contributed by atoms with E-state index in [9.17, 15) is 0 Å². The molecule has 3 rings (SSSR count). The summed E-state index contributed by atoms with van der Waals surface area (Å²) in [7, 11) is 9.87. The third-order valence-corrected chi connectivity index (χ3v) is 4.75. The summed E-state index contributed by atoms with van der Waals surface area (Å²) < 4.78 is 0. The first-order chi connectivity index (χ1) is 12.2. The Bertz CT molecular complexity index is 690. The fourth-order valence-corrected chi connectivity index (χ4v) is 3.35. The van der Waals surface area contributed by atoms with Crippen LogP contribution in [0, 0.1) is 0 Å². The molecule has 0 heterocycles. The molecule has 0 unspecified atom stereocenters. The number of rotatable bonds is 6. The summed E-state index contributed by atoms with van der Waals surface area (Å²) in [5.74, 6) is 0. The van der Waals surface area contributed by atoms with Crippen molar-refractivity contribution in [3.8, 4) is 11.1 Å². The van der Waals surface area contributed by atoms with Crippen LogP contribution in [0.3, 0.4) is 0 Å². The summed E-state index contributed by atoms with van der Waals surface area (Å²) in [4.78, 5) is 0. The van der Waals surface area contributed by atoms with Gasteiger partial charge in [0.2, 0.25) is 0 Å². The number of allylic oxidation sites excluding steroid dienone is 1. The fourth-order valence-electron chi connectivity index (χ4n) is 3.35. The number of hydrogen-bond acceptors (Lipinski definition) is 0. The van der Waals surface area contributed by atoms with Gasteiger partial charge in [-0.3, -0.25) is 0 Å². The first-order valence-corrected chi connectivity index (χ1v) is 15.4. The average Bonchev–Trinajstić information content (AvgIpc) is 3.07. The minimum absolute atomic E-state index is 0.826. The molecule has 0 bridgehead atoms. The molecule has 2 aromatic rings. The second-order valence-corrected chi connectivity index (χ2v) is 10.2. The van der Waals surface area contributed by atoms with Crippen molar-refractivity contribution in [2.45, 2.75) is 52.4 Å². The molecule has 0 aliphatic heterocycles. The number of halogens is 2. The van der Waals surface area contributed by atoms with Crippen LogP contribution in [-0.2, 0) is 33.7 Å². The van der Waals surface area contributed by atoms with Crippen LogP contribution in [0.1, 0.15) is 56.2 Å². The van der Waals surface area contributed by atoms with Gasteiger partial charge in [-0.05, 0) is 53.5 Å². The zero-order valence-corrected chi connectivity index (χ0v) is 19.1. The number of hydrogen-bond donors (Lipinski definition) is 0. The van der Waals surface area contributed by atoms with Gasteiger partial charge in [0.05, 0.1) is 0 Å². The maximum atomic E-state index is 4.93. The molecule has 0 aromatic heterocycles. The number of benzene rings is 2. The van der Waals surface area contributed by atoms with Crippen LogP contribution in [0.25, 0.3) is 17.2 Å². The van der Waals surface area contributed by atoms with Crippen LogP contribution in [0.15, 0.2) is 48.0 Å². The van der Waals surface area contributed by atoms with Crippen LogP contribution in [-0.4, -0.2) is 0 Å². The minimum atomic E-state index is -0.826. The molecule has 0 N–H and O–H groups in total. The van der Waals surface area contributed by atoms with E-state index in [1.165, 1.54) is 53.5 Å². The monoisotopic (exact) mass is 450 g/mol. The normalized spacial score (nSPS) is 12.1. The molecule has 2 aromatic carbocycles. The van der Waals surface area contributed by atoms with Crippen LogP contribution in [0.4, 0.5) is 0 Å². The molecule has 25 heavy (non-hydrogen) atoms. The standard InChI is InChI=1S/C22H26.2ClH.Zr/c1-3-5-6-8-18-11-13-19(14-12-18)21-10-7-9-20-15-17(4-2)16-22(20)21;;;/h7,9-14,16H,3-6,8,15H2,1-2H3;2*1H;/q;;;+2/p-2. The molecule has 0 saturated carbocycles. The maximum absolute atomic E-state index is 4.93. The van der Waals surface area contributed by atoms with E-state index in [-0.39, 0.29) is 0 Å². The fraction of sp³-hybridized carbons (Fsp3) is 0.364. The van der Waals surface area contributed by atoms with Crippen LogP contribution < -0.4 is 0 Å². The second-order valence-electron chi connectivity index (χ2n) is 6.44. The molecule has 1 aliphatic rings. The number of unbranched alkanes of at least 4 members (excludes halogenated alkanes) is 2. The molecular formula is C22H26Cl2Zr. The molecule has 0 fully saturated rings. The van der Waals surface area contributed by atoms with E-state index in [0.717, 1.165) is 12.8 Å². The van der Waals surface area contributed by atoms with E-state index in [1.807, 2.05) is 0 Å². The Morgan fingerprint density at radius 1 is 0.960 bits per heavy atom. The van der Waals surface area contributed by atoms with Gasteiger partial charge < -0.3 is 0 Å². The first-order valence-electron chi connectivity index (χ1n) is 9.10. The van der Waals surface area contributed by atoms with Crippen LogP contribution in [0.5, 0.6) is 0 Å². The van der Waals surface area contributed by atoms with E-state index in [2.05, 4.69) is 62.4 Å². The Morgan fingerprint density at radius 2 is 1.68 bits per heavy atom. The Morgan fingerprint density at radius 3 is 2.32 bits per heavy atom. The van der Waals surface area contributed by atoms with Gasteiger partial charge in [0.1, 0.15) is 0 Å². The molecule has 0 atom stereocenters. The predicted octanol–water partition coefficient (Wildman–Crippen LogP) is 7.81. The van der Waals surface area contributed by atoms with E-state index in [0.29, 0.717) is 0 Å². The van der Waals surface area contributed by atoms with E-state index in [4.69, 9.17) is 17.0 Å². The van der Waals surface area contributed by atoms with Crippen molar-refractivity contribution >= 4 is 23.1 Å². The number of aryl methyl sites for hydroxylation is 1.